The first-order valence-electron chi connectivity index (χ1n) is 3.58. The molecule has 1 rings (SSSR count). The highest BCUT2D eigenvalue weighted by Crippen LogP contribution is 2.25. The Kier molecular flexibility index (Phi) is 3.42. The highest BCUT2D eigenvalue weighted by atomic mass is 79.9. The fourth-order valence-corrected chi connectivity index (χ4v) is 1.31. The van der Waals surface area contributed by atoms with Crippen LogP contribution in [0.25, 0.3) is 0 Å². The molecule has 0 atom stereocenters. The molecule has 1 aromatic carbocycles. The van der Waals surface area contributed by atoms with E-state index in [1.165, 1.54) is 12.1 Å². The molecule has 0 unspecified atom stereocenters. The summed E-state index contributed by atoms with van der Waals surface area (Å²) in [6.07, 6.45) is 0. The van der Waals surface area contributed by atoms with Crippen molar-refractivity contribution in [1.82, 2.24) is 0 Å². The minimum absolute atomic E-state index is 0.0766. The minimum Gasteiger partial charge on any atom is -0.478 e. The third kappa shape index (κ3) is 2.71. The zero-order chi connectivity index (χ0) is 10.6. The summed E-state index contributed by atoms with van der Waals surface area (Å²) in [5, 5.41) is 18.7. The molecule has 0 saturated heterocycles. The molecule has 0 fully saturated rings. The zero-order valence-corrected chi connectivity index (χ0v) is 8.52. The van der Waals surface area contributed by atoms with Crippen LogP contribution < -0.4 is 4.74 Å². The van der Waals surface area contributed by atoms with Crippen molar-refractivity contribution in [2.24, 2.45) is 0 Å². The van der Waals surface area contributed by atoms with Gasteiger partial charge in [-0.2, -0.15) is 5.26 Å². The van der Waals surface area contributed by atoms with E-state index in [2.05, 4.69) is 15.9 Å². The van der Waals surface area contributed by atoms with Crippen molar-refractivity contribution in [2.75, 3.05) is 6.61 Å². The molecule has 6 heteroatoms. The van der Waals surface area contributed by atoms with Crippen LogP contribution in [0.5, 0.6) is 5.75 Å². The standard InChI is InChI=1S/C8H5BrN2O3/c9-6-3-7(11(12)13)5-8(4-6)14-2-1-10/h3-5H,2H2. The lowest BCUT2D eigenvalue weighted by Crippen LogP contribution is -1.95. The Hall–Kier alpha value is -1.61. The van der Waals surface area contributed by atoms with Crippen LogP contribution in [0.2, 0.25) is 0 Å². The van der Waals surface area contributed by atoms with E-state index >= 15 is 0 Å². The van der Waals surface area contributed by atoms with Gasteiger partial charge in [-0.15, -0.1) is 0 Å². The van der Waals surface area contributed by atoms with Gasteiger partial charge in [0, 0.05) is 10.5 Å². The smallest absolute Gasteiger partial charge is 0.274 e. The number of nitro groups is 1. The minimum atomic E-state index is -0.524. The van der Waals surface area contributed by atoms with Crippen molar-refractivity contribution >= 4 is 21.6 Å². The van der Waals surface area contributed by atoms with Crippen molar-refractivity contribution in [1.29, 1.82) is 5.26 Å². The number of hydrogen-bond acceptors (Lipinski definition) is 4. The molecule has 0 saturated carbocycles. The van der Waals surface area contributed by atoms with E-state index < -0.39 is 4.92 Å². The van der Waals surface area contributed by atoms with Gasteiger partial charge in [0.25, 0.3) is 5.69 Å². The molecule has 0 aliphatic rings. The number of non-ortho nitro benzene ring substituents is 1. The van der Waals surface area contributed by atoms with Gasteiger partial charge in [-0.1, -0.05) is 15.9 Å². The quantitative estimate of drug-likeness (QED) is 0.614. The molecule has 5 nitrogen and oxygen atoms in total. The predicted octanol–water partition coefficient (Wildman–Crippen LogP) is 2.26. The summed E-state index contributed by atoms with van der Waals surface area (Å²) in [6, 6.07) is 5.96. The molecule has 0 N–H and O–H groups in total. The van der Waals surface area contributed by atoms with Crippen molar-refractivity contribution in [2.45, 2.75) is 0 Å². The van der Waals surface area contributed by atoms with Crippen LogP contribution in [0, 0.1) is 21.4 Å². The number of hydrogen-bond donors (Lipinski definition) is 0. The van der Waals surface area contributed by atoms with Crippen LogP contribution >= 0.6 is 15.9 Å². The first-order valence-corrected chi connectivity index (χ1v) is 4.37. The van der Waals surface area contributed by atoms with Crippen molar-refractivity contribution in [3.63, 3.8) is 0 Å². The fourth-order valence-electron chi connectivity index (χ4n) is 0.852. The molecule has 1 aromatic rings. The molecule has 72 valence electrons. The van der Waals surface area contributed by atoms with Gasteiger partial charge >= 0.3 is 0 Å². The molecule has 0 aromatic heterocycles. The molecule has 0 heterocycles. The molecule has 14 heavy (non-hydrogen) atoms. The maximum absolute atomic E-state index is 10.4. The molecule has 0 bridgehead atoms. The van der Waals surface area contributed by atoms with Crippen molar-refractivity contribution < 1.29 is 9.66 Å². The SMILES string of the molecule is N#CCOc1cc(Br)cc([N+](=O)[O-])c1. The molecule has 0 aliphatic carbocycles. The Balaban J connectivity index is 2.96. The second-order valence-corrected chi connectivity index (χ2v) is 3.26. The Morgan fingerprint density at radius 1 is 1.57 bits per heavy atom. The van der Waals surface area contributed by atoms with Crippen LogP contribution in [0.4, 0.5) is 5.69 Å². The summed E-state index contributed by atoms with van der Waals surface area (Å²) in [5.41, 5.74) is -0.0766. The van der Waals surface area contributed by atoms with Crippen LogP contribution in [-0.4, -0.2) is 11.5 Å². The third-order valence-corrected chi connectivity index (χ3v) is 1.83. The Morgan fingerprint density at radius 2 is 2.29 bits per heavy atom. The predicted molar refractivity (Wildman–Crippen MR) is 51.9 cm³/mol. The van der Waals surface area contributed by atoms with Crippen molar-refractivity contribution in [3.05, 3.63) is 32.8 Å². The first-order chi connectivity index (χ1) is 6.63. The summed E-state index contributed by atoms with van der Waals surface area (Å²) in [7, 11) is 0. The van der Waals surface area contributed by atoms with E-state index in [1.807, 2.05) is 0 Å². The molecule has 0 amide bonds. The second-order valence-electron chi connectivity index (χ2n) is 2.35. The number of benzene rings is 1. The number of halogens is 1. The number of nitrogens with zero attached hydrogens (tertiary/aromatic N) is 2. The van der Waals surface area contributed by atoms with Gasteiger partial charge in [0.1, 0.15) is 11.8 Å². The van der Waals surface area contributed by atoms with Crippen LogP contribution in [0.1, 0.15) is 0 Å². The summed E-state index contributed by atoms with van der Waals surface area (Å²) in [4.78, 5) is 9.92. The lowest BCUT2D eigenvalue weighted by Gasteiger charge is -2.01. The van der Waals surface area contributed by atoms with Gasteiger partial charge in [0.05, 0.1) is 11.0 Å². The summed E-state index contributed by atoms with van der Waals surface area (Å²) < 4.78 is 5.47. The number of rotatable bonds is 3. The molecular formula is C8H5BrN2O3. The molecule has 0 spiro atoms. The normalized spacial score (nSPS) is 9.14. The maximum Gasteiger partial charge on any atom is 0.274 e. The monoisotopic (exact) mass is 256 g/mol. The summed E-state index contributed by atoms with van der Waals surface area (Å²) >= 11 is 3.11. The van der Waals surface area contributed by atoms with E-state index in [0.717, 1.165) is 0 Å². The molecule has 0 radical (unpaired) electrons. The Bertz CT molecular complexity index is 400. The summed E-state index contributed by atoms with van der Waals surface area (Å²) in [6.45, 7) is -0.131. The van der Waals surface area contributed by atoms with Crippen LogP contribution in [0.15, 0.2) is 22.7 Å². The average molecular weight is 257 g/mol. The fraction of sp³-hybridized carbons (Fsp3) is 0.125. The number of ether oxygens (including phenoxy) is 1. The van der Waals surface area contributed by atoms with Crippen LogP contribution in [-0.2, 0) is 0 Å². The van der Waals surface area contributed by atoms with E-state index in [-0.39, 0.29) is 12.3 Å². The van der Waals surface area contributed by atoms with Gasteiger partial charge in [-0.3, -0.25) is 10.1 Å². The molecule has 0 aliphatic heterocycles. The maximum atomic E-state index is 10.4. The summed E-state index contributed by atoms with van der Waals surface area (Å²) in [5.74, 6) is 0.299. The highest BCUT2D eigenvalue weighted by molar-refractivity contribution is 9.10. The van der Waals surface area contributed by atoms with E-state index in [9.17, 15) is 10.1 Å². The molecular weight excluding hydrogens is 252 g/mol. The van der Waals surface area contributed by atoms with Gasteiger partial charge in [0.2, 0.25) is 0 Å². The van der Waals surface area contributed by atoms with Gasteiger partial charge in [-0.05, 0) is 6.07 Å². The lowest BCUT2D eigenvalue weighted by atomic mass is 10.3. The zero-order valence-electron chi connectivity index (χ0n) is 6.94. The van der Waals surface area contributed by atoms with Gasteiger partial charge in [-0.25, -0.2) is 0 Å². The third-order valence-electron chi connectivity index (χ3n) is 1.37. The number of nitriles is 1. The topological polar surface area (TPSA) is 76.2 Å². The van der Waals surface area contributed by atoms with E-state index in [0.29, 0.717) is 10.2 Å². The largest absolute Gasteiger partial charge is 0.478 e. The highest BCUT2D eigenvalue weighted by Gasteiger charge is 2.08. The van der Waals surface area contributed by atoms with Crippen LogP contribution in [0.3, 0.4) is 0 Å². The number of nitro benzene ring substituents is 1. The Morgan fingerprint density at radius 3 is 2.86 bits per heavy atom. The lowest BCUT2D eigenvalue weighted by molar-refractivity contribution is -0.385. The van der Waals surface area contributed by atoms with E-state index in [1.54, 1.807) is 12.1 Å². The van der Waals surface area contributed by atoms with Gasteiger partial charge < -0.3 is 4.74 Å². The second kappa shape index (κ2) is 4.58. The van der Waals surface area contributed by atoms with Crippen molar-refractivity contribution in [3.8, 4) is 11.8 Å². The average Bonchev–Trinajstić information content (AvgIpc) is 2.14. The first kappa shape index (κ1) is 10.5. The van der Waals surface area contributed by atoms with Gasteiger partial charge in [0.15, 0.2) is 6.61 Å². The van der Waals surface area contributed by atoms with E-state index in [4.69, 9.17) is 10.00 Å². The Labute approximate surface area is 88.2 Å².